The van der Waals surface area contributed by atoms with Crippen LogP contribution in [0.15, 0.2) is 146 Å². The molecular weight excluding hydrogens is 613 g/mol. The van der Waals surface area contributed by atoms with Crippen molar-refractivity contribution in [2.45, 2.75) is 0 Å². The molecule has 0 aliphatic rings. The summed E-state index contributed by atoms with van der Waals surface area (Å²) in [6.07, 6.45) is 3.69. The van der Waals surface area contributed by atoms with E-state index >= 15 is 0 Å². The molecule has 8 heteroatoms. The molecule has 0 fully saturated rings. The Labute approximate surface area is 304 Å². The zero-order valence-corrected chi connectivity index (χ0v) is 29.7. The highest BCUT2D eigenvalue weighted by atomic mass is 14.9. The minimum Gasteiger partial charge on any atom is -0.264 e. The highest BCUT2D eigenvalue weighted by Gasteiger charge is 2.15. The lowest BCUT2D eigenvalue weighted by Gasteiger charge is -2.20. The normalized spacial score (nSPS) is 11.1. The minimum absolute atomic E-state index is 0.698. The van der Waals surface area contributed by atoms with Crippen molar-refractivity contribution in [3.63, 3.8) is 0 Å². The lowest BCUT2D eigenvalue weighted by atomic mass is 9.59. The molecule has 0 aliphatic heterocycles. The molecule has 0 unspecified atom stereocenters. The van der Waals surface area contributed by atoms with Crippen molar-refractivity contribution in [3.05, 3.63) is 146 Å². The van der Waals surface area contributed by atoms with Crippen molar-refractivity contribution in [2.75, 3.05) is 0 Å². The third kappa shape index (κ3) is 6.12. The van der Waals surface area contributed by atoms with Crippen molar-refractivity contribution in [1.82, 2.24) is 15.0 Å². The van der Waals surface area contributed by atoms with Gasteiger partial charge in [0.25, 0.3) is 0 Å². The maximum atomic E-state index is 5.17. The van der Waals surface area contributed by atoms with Crippen molar-refractivity contribution in [2.24, 2.45) is 0 Å². The zero-order chi connectivity index (χ0) is 35.1. The van der Waals surface area contributed by atoms with E-state index in [4.69, 9.17) is 9.97 Å². The largest absolute Gasteiger partial charge is 0.264 e. The molecule has 0 saturated carbocycles. The molecule has 0 bridgehead atoms. The van der Waals surface area contributed by atoms with Crippen LogP contribution in [0.5, 0.6) is 0 Å². The van der Waals surface area contributed by atoms with Crippen molar-refractivity contribution in [3.8, 4) is 67.3 Å². The Hall–Kier alpha value is -5.87. The summed E-state index contributed by atoms with van der Waals surface area (Å²) < 4.78 is 0. The summed E-state index contributed by atoms with van der Waals surface area (Å²) in [6.45, 7) is 0. The standard InChI is InChI=1S/C43H34B5N3/c44-38-37(39(45)41(47)42(48)40(38)46)30-18-16-29(17-19-30)36-23-35(28-14-10-25(11-15-28)32-7-4-22-49-24-32)50-43(51-36)31-20-12-27(13-21-31)34-9-3-6-26-5-1-2-8-33(26)34/h1-24H,44-48H2. The molecule has 2 aromatic heterocycles. The van der Waals surface area contributed by atoms with E-state index < -0.39 is 0 Å². The molecule has 0 atom stereocenters. The summed E-state index contributed by atoms with van der Waals surface area (Å²) in [6, 6.07) is 47.2. The van der Waals surface area contributed by atoms with E-state index in [9.17, 15) is 0 Å². The number of nitrogens with zero attached hydrogens (tertiary/aromatic N) is 3. The Kier molecular flexibility index (Phi) is 8.53. The number of fused-ring (bicyclic) bond motifs is 1. The summed E-state index contributed by atoms with van der Waals surface area (Å²) in [5.74, 6) is 0.698. The fourth-order valence-corrected chi connectivity index (χ4v) is 7.26. The van der Waals surface area contributed by atoms with Crippen LogP contribution in [0.1, 0.15) is 0 Å². The smallest absolute Gasteiger partial charge is 0.160 e. The van der Waals surface area contributed by atoms with Gasteiger partial charge in [0.05, 0.1) is 11.4 Å². The van der Waals surface area contributed by atoms with Crippen molar-refractivity contribution >= 4 is 77.3 Å². The molecule has 2 heterocycles. The number of benzene rings is 6. The van der Waals surface area contributed by atoms with Crippen LogP contribution in [-0.2, 0) is 0 Å². The second-order valence-corrected chi connectivity index (χ2v) is 13.5. The monoisotopic (exact) mass is 647 g/mol. The highest BCUT2D eigenvalue weighted by molar-refractivity contribution is 6.68. The van der Waals surface area contributed by atoms with Crippen LogP contribution >= 0.6 is 0 Å². The Bertz CT molecular complexity index is 2520. The fourth-order valence-electron chi connectivity index (χ4n) is 7.26. The third-order valence-electron chi connectivity index (χ3n) is 10.6. The van der Waals surface area contributed by atoms with E-state index in [1.807, 2.05) is 12.3 Å². The minimum atomic E-state index is 0.698. The molecule has 0 radical (unpaired) electrons. The maximum Gasteiger partial charge on any atom is 0.160 e. The number of aromatic nitrogens is 3. The average molecular weight is 647 g/mol. The Balaban J connectivity index is 1.21. The lowest BCUT2D eigenvalue weighted by Crippen LogP contribution is -2.55. The van der Waals surface area contributed by atoms with E-state index in [0.29, 0.717) is 5.82 Å². The third-order valence-corrected chi connectivity index (χ3v) is 10.6. The van der Waals surface area contributed by atoms with Gasteiger partial charge in [0.15, 0.2) is 5.82 Å². The van der Waals surface area contributed by atoms with Gasteiger partial charge in [0, 0.05) is 29.1 Å². The molecule has 236 valence electrons. The lowest BCUT2D eigenvalue weighted by molar-refractivity contribution is 1.18. The van der Waals surface area contributed by atoms with Gasteiger partial charge in [0.2, 0.25) is 0 Å². The molecule has 0 N–H and O–H groups in total. The first-order chi connectivity index (χ1) is 24.9. The summed E-state index contributed by atoms with van der Waals surface area (Å²) in [5, 5.41) is 2.48. The first-order valence-corrected chi connectivity index (χ1v) is 17.5. The predicted octanol–water partition coefficient (Wildman–Crippen LogP) is 2.32. The summed E-state index contributed by atoms with van der Waals surface area (Å²) >= 11 is 0. The summed E-state index contributed by atoms with van der Waals surface area (Å²) in [7, 11) is 11.2. The van der Waals surface area contributed by atoms with Gasteiger partial charge in [-0.1, -0.05) is 132 Å². The van der Waals surface area contributed by atoms with Crippen LogP contribution in [0, 0.1) is 0 Å². The van der Waals surface area contributed by atoms with E-state index in [0.717, 1.165) is 39.2 Å². The van der Waals surface area contributed by atoms with Gasteiger partial charge in [-0.15, -0.1) is 16.4 Å². The Morgan fingerprint density at radius 1 is 0.392 bits per heavy atom. The molecule has 0 saturated heterocycles. The molecule has 0 spiro atoms. The van der Waals surface area contributed by atoms with Crippen LogP contribution in [0.25, 0.3) is 78.1 Å². The molecule has 0 amide bonds. The van der Waals surface area contributed by atoms with Gasteiger partial charge < -0.3 is 0 Å². The van der Waals surface area contributed by atoms with E-state index in [2.05, 4.69) is 172 Å². The first-order valence-electron chi connectivity index (χ1n) is 17.5. The maximum absolute atomic E-state index is 5.17. The van der Waals surface area contributed by atoms with Gasteiger partial charge in [-0.05, 0) is 56.3 Å². The molecule has 0 aliphatic carbocycles. The topological polar surface area (TPSA) is 38.7 Å². The van der Waals surface area contributed by atoms with Crippen LogP contribution in [0.3, 0.4) is 0 Å². The van der Waals surface area contributed by atoms with E-state index in [-0.39, 0.29) is 0 Å². The predicted molar refractivity (Wildman–Crippen MR) is 231 cm³/mol. The number of hydrogen-bond donors (Lipinski definition) is 0. The Morgan fingerprint density at radius 2 is 0.922 bits per heavy atom. The molecule has 8 aromatic rings. The second-order valence-electron chi connectivity index (χ2n) is 13.5. The molecule has 6 aromatic carbocycles. The van der Waals surface area contributed by atoms with Gasteiger partial charge >= 0.3 is 0 Å². The van der Waals surface area contributed by atoms with Crippen molar-refractivity contribution < 1.29 is 0 Å². The first kappa shape index (κ1) is 32.3. The van der Waals surface area contributed by atoms with Crippen LogP contribution in [0.2, 0.25) is 0 Å². The number of pyridine rings is 1. The average Bonchev–Trinajstić information content (AvgIpc) is 3.20. The molecule has 51 heavy (non-hydrogen) atoms. The quantitative estimate of drug-likeness (QED) is 0.261. The SMILES string of the molecule is Bc1c(B)c(B)c(-c2ccc(-c3cc(-c4ccc(-c5cccnc5)cc4)nc(-c4ccc(-c5cccc6ccccc56)cc4)n3)cc2)c(B)c1B. The Morgan fingerprint density at radius 3 is 1.55 bits per heavy atom. The highest BCUT2D eigenvalue weighted by Crippen LogP contribution is 2.33. The number of rotatable bonds is 6. The summed E-state index contributed by atoms with van der Waals surface area (Å²) in [4.78, 5) is 14.6. The van der Waals surface area contributed by atoms with E-state index in [1.165, 1.54) is 60.3 Å². The fraction of sp³-hybridized carbons (Fsp3) is 0. The van der Waals surface area contributed by atoms with Gasteiger partial charge in [-0.2, -0.15) is 0 Å². The van der Waals surface area contributed by atoms with Gasteiger partial charge in [-0.3, -0.25) is 4.98 Å². The van der Waals surface area contributed by atoms with Gasteiger partial charge in [0.1, 0.15) is 39.2 Å². The second kappa shape index (κ2) is 13.5. The van der Waals surface area contributed by atoms with E-state index in [1.54, 1.807) is 6.20 Å². The van der Waals surface area contributed by atoms with Gasteiger partial charge in [-0.25, -0.2) is 9.97 Å². The molecule has 8 rings (SSSR count). The van der Waals surface area contributed by atoms with Crippen molar-refractivity contribution in [1.29, 1.82) is 0 Å². The zero-order valence-electron chi connectivity index (χ0n) is 29.7. The number of hydrogen-bond acceptors (Lipinski definition) is 3. The van der Waals surface area contributed by atoms with Crippen LogP contribution in [0.4, 0.5) is 0 Å². The van der Waals surface area contributed by atoms with Crippen LogP contribution < -0.4 is 27.3 Å². The van der Waals surface area contributed by atoms with Crippen LogP contribution in [-0.4, -0.2) is 54.2 Å². The molecule has 3 nitrogen and oxygen atoms in total. The summed E-state index contributed by atoms with van der Waals surface area (Å²) in [5.41, 5.74) is 18.8. The molecular formula is C43H34B5N3.